The number of nitrogens with one attached hydrogen (secondary N) is 1. The quantitative estimate of drug-likeness (QED) is 0.827. The average Bonchev–Trinajstić information content (AvgIpc) is 2.44. The topological polar surface area (TPSA) is 50.7 Å². The minimum Gasteiger partial charge on any atom is -0.486 e. The summed E-state index contributed by atoms with van der Waals surface area (Å²) in [5.74, 6) is 2.14. The van der Waals surface area contributed by atoms with Gasteiger partial charge in [0.1, 0.15) is 13.2 Å². The van der Waals surface area contributed by atoms with Crippen molar-refractivity contribution in [3.63, 3.8) is 0 Å². The second kappa shape index (κ2) is 6.78. The van der Waals surface area contributed by atoms with E-state index in [4.69, 9.17) is 14.6 Å². The van der Waals surface area contributed by atoms with Crippen molar-refractivity contribution in [1.82, 2.24) is 5.32 Å². The molecular weight excluding hydrogens is 242 g/mol. The maximum atomic E-state index is 8.89. The molecule has 0 saturated heterocycles. The highest BCUT2D eigenvalue weighted by molar-refractivity contribution is 5.44. The molecule has 19 heavy (non-hydrogen) atoms. The van der Waals surface area contributed by atoms with Crippen molar-refractivity contribution in [2.24, 2.45) is 5.92 Å². The van der Waals surface area contributed by atoms with Gasteiger partial charge in [0.25, 0.3) is 0 Å². The van der Waals surface area contributed by atoms with Gasteiger partial charge in [0.15, 0.2) is 11.5 Å². The normalized spacial score (nSPS) is 17.0. The van der Waals surface area contributed by atoms with E-state index >= 15 is 0 Å². The molecule has 1 aromatic rings. The van der Waals surface area contributed by atoms with Gasteiger partial charge in [0.05, 0.1) is 0 Å². The van der Waals surface area contributed by atoms with Crippen molar-refractivity contribution in [2.45, 2.75) is 26.3 Å². The van der Waals surface area contributed by atoms with Crippen LogP contribution >= 0.6 is 0 Å². The maximum absolute atomic E-state index is 8.89. The van der Waals surface area contributed by atoms with Crippen molar-refractivity contribution in [1.29, 1.82) is 0 Å². The van der Waals surface area contributed by atoms with Gasteiger partial charge in [-0.3, -0.25) is 0 Å². The number of aliphatic hydroxyl groups excluding tert-OH is 1. The van der Waals surface area contributed by atoms with Gasteiger partial charge in [-0.25, -0.2) is 0 Å². The van der Waals surface area contributed by atoms with Crippen molar-refractivity contribution >= 4 is 0 Å². The summed E-state index contributed by atoms with van der Waals surface area (Å²) in [5, 5.41) is 12.4. The Hall–Kier alpha value is -1.26. The van der Waals surface area contributed by atoms with Gasteiger partial charge in [0, 0.05) is 12.6 Å². The van der Waals surface area contributed by atoms with Gasteiger partial charge < -0.3 is 19.9 Å². The largest absolute Gasteiger partial charge is 0.486 e. The van der Waals surface area contributed by atoms with E-state index < -0.39 is 0 Å². The first-order valence-electron chi connectivity index (χ1n) is 6.94. The Balaban J connectivity index is 1.93. The fraction of sp³-hybridized carbons (Fsp3) is 0.600. The molecule has 1 heterocycles. The lowest BCUT2D eigenvalue weighted by atomic mass is 10.0. The fourth-order valence-electron chi connectivity index (χ4n) is 2.15. The van der Waals surface area contributed by atoms with Gasteiger partial charge in [-0.05, 0) is 43.5 Å². The van der Waals surface area contributed by atoms with Gasteiger partial charge in [-0.2, -0.15) is 0 Å². The molecule has 2 rings (SSSR count). The van der Waals surface area contributed by atoms with Crippen LogP contribution in [0.3, 0.4) is 0 Å². The Labute approximate surface area is 114 Å². The van der Waals surface area contributed by atoms with Crippen LogP contribution in [-0.2, 0) is 0 Å². The molecule has 106 valence electrons. The van der Waals surface area contributed by atoms with Crippen LogP contribution in [0.1, 0.15) is 31.9 Å². The molecule has 0 fully saturated rings. The van der Waals surface area contributed by atoms with Crippen LogP contribution in [0, 0.1) is 5.92 Å². The molecule has 0 aromatic heterocycles. The molecule has 2 unspecified atom stereocenters. The number of aliphatic hydroxyl groups is 1. The smallest absolute Gasteiger partial charge is 0.161 e. The highest BCUT2D eigenvalue weighted by Crippen LogP contribution is 2.32. The molecule has 1 aliphatic rings. The Bertz CT molecular complexity index is 408. The van der Waals surface area contributed by atoms with E-state index in [1.807, 2.05) is 12.1 Å². The SMILES string of the molecule is CC(CCO)CNC(C)c1ccc2c(c1)OCCO2. The number of ether oxygens (including phenoxy) is 2. The van der Waals surface area contributed by atoms with Crippen LogP contribution in [-0.4, -0.2) is 31.5 Å². The number of benzene rings is 1. The van der Waals surface area contributed by atoms with Crippen molar-refractivity contribution in [3.8, 4) is 11.5 Å². The van der Waals surface area contributed by atoms with E-state index in [0.717, 1.165) is 24.5 Å². The average molecular weight is 265 g/mol. The molecule has 1 aliphatic heterocycles. The lowest BCUT2D eigenvalue weighted by Crippen LogP contribution is -2.25. The molecule has 2 N–H and O–H groups in total. The highest BCUT2D eigenvalue weighted by atomic mass is 16.6. The molecule has 2 atom stereocenters. The summed E-state index contributed by atoms with van der Waals surface area (Å²) < 4.78 is 11.1. The zero-order chi connectivity index (χ0) is 13.7. The summed E-state index contributed by atoms with van der Waals surface area (Å²) in [6.07, 6.45) is 0.834. The second-order valence-electron chi connectivity index (χ2n) is 5.15. The second-order valence-corrected chi connectivity index (χ2v) is 5.15. The van der Waals surface area contributed by atoms with Crippen LogP contribution in [0.15, 0.2) is 18.2 Å². The van der Waals surface area contributed by atoms with Crippen LogP contribution in [0.5, 0.6) is 11.5 Å². The number of hydrogen-bond donors (Lipinski definition) is 2. The zero-order valence-corrected chi connectivity index (χ0v) is 11.7. The van der Waals surface area contributed by atoms with E-state index in [2.05, 4.69) is 25.2 Å². The summed E-state index contributed by atoms with van der Waals surface area (Å²) in [6.45, 7) is 6.67. The third-order valence-electron chi connectivity index (χ3n) is 3.46. The van der Waals surface area contributed by atoms with Crippen molar-refractivity contribution in [2.75, 3.05) is 26.4 Å². The van der Waals surface area contributed by atoms with Crippen LogP contribution < -0.4 is 14.8 Å². The van der Waals surface area contributed by atoms with E-state index in [1.54, 1.807) is 0 Å². The first-order valence-corrected chi connectivity index (χ1v) is 6.94. The number of hydrogen-bond acceptors (Lipinski definition) is 4. The minimum absolute atomic E-state index is 0.251. The molecule has 4 heteroatoms. The molecule has 0 radical (unpaired) electrons. The summed E-state index contributed by atoms with van der Waals surface area (Å²) in [7, 11) is 0. The summed E-state index contributed by atoms with van der Waals surface area (Å²) in [5.41, 5.74) is 1.19. The maximum Gasteiger partial charge on any atom is 0.161 e. The standard InChI is InChI=1S/C15H23NO3/c1-11(5-6-17)10-16-12(2)13-3-4-14-15(9-13)19-8-7-18-14/h3-4,9,11-12,16-17H,5-8,10H2,1-2H3. The molecular formula is C15H23NO3. The molecule has 0 aliphatic carbocycles. The first kappa shape index (κ1) is 14.2. The Morgan fingerprint density at radius 2 is 1.95 bits per heavy atom. The van der Waals surface area contributed by atoms with Crippen LogP contribution in [0.25, 0.3) is 0 Å². The van der Waals surface area contributed by atoms with Gasteiger partial charge in [-0.15, -0.1) is 0 Å². The predicted molar refractivity (Wildman–Crippen MR) is 74.7 cm³/mol. The van der Waals surface area contributed by atoms with Crippen LogP contribution in [0.4, 0.5) is 0 Å². The molecule has 4 nitrogen and oxygen atoms in total. The fourth-order valence-corrected chi connectivity index (χ4v) is 2.15. The van der Waals surface area contributed by atoms with Crippen molar-refractivity contribution in [3.05, 3.63) is 23.8 Å². The van der Waals surface area contributed by atoms with E-state index in [9.17, 15) is 0 Å². The summed E-state index contributed by atoms with van der Waals surface area (Å²) >= 11 is 0. The molecule has 1 aromatic carbocycles. The van der Waals surface area contributed by atoms with E-state index in [-0.39, 0.29) is 12.6 Å². The summed E-state index contributed by atoms with van der Waals surface area (Å²) in [4.78, 5) is 0. The molecule has 0 saturated carbocycles. The van der Waals surface area contributed by atoms with Crippen molar-refractivity contribution < 1.29 is 14.6 Å². The number of fused-ring (bicyclic) bond motifs is 1. The monoisotopic (exact) mass is 265 g/mol. The lowest BCUT2D eigenvalue weighted by molar-refractivity contribution is 0.171. The highest BCUT2D eigenvalue weighted by Gasteiger charge is 2.14. The Morgan fingerprint density at radius 3 is 2.68 bits per heavy atom. The van der Waals surface area contributed by atoms with Gasteiger partial charge >= 0.3 is 0 Å². The molecule has 0 amide bonds. The minimum atomic E-state index is 0.251. The third-order valence-corrected chi connectivity index (χ3v) is 3.46. The molecule has 0 bridgehead atoms. The molecule has 0 spiro atoms. The van der Waals surface area contributed by atoms with E-state index in [0.29, 0.717) is 19.1 Å². The number of rotatable bonds is 6. The first-order chi connectivity index (χ1) is 9.20. The Morgan fingerprint density at radius 1 is 1.21 bits per heavy atom. The van der Waals surface area contributed by atoms with E-state index in [1.165, 1.54) is 5.56 Å². The Kier molecular flexibility index (Phi) is 5.05. The summed E-state index contributed by atoms with van der Waals surface area (Å²) in [6, 6.07) is 6.35. The van der Waals surface area contributed by atoms with Crippen LogP contribution in [0.2, 0.25) is 0 Å². The predicted octanol–water partition coefficient (Wildman–Crippen LogP) is 2.13. The zero-order valence-electron chi connectivity index (χ0n) is 11.7. The third kappa shape index (κ3) is 3.85. The van der Waals surface area contributed by atoms with Gasteiger partial charge in [-0.1, -0.05) is 13.0 Å². The van der Waals surface area contributed by atoms with Gasteiger partial charge in [0.2, 0.25) is 0 Å². The lowest BCUT2D eigenvalue weighted by Gasteiger charge is -2.22.